The molecule has 0 aliphatic heterocycles. The maximum Gasteiger partial charge on any atom is 0.268 e. The van der Waals surface area contributed by atoms with Crippen LogP contribution in [0.4, 0.5) is 11.4 Å². The molecule has 0 aliphatic rings. The number of rotatable bonds is 8. The third-order valence-electron chi connectivity index (χ3n) is 5.11. The molecule has 0 N–H and O–H groups in total. The van der Waals surface area contributed by atoms with Crippen molar-refractivity contribution in [2.75, 3.05) is 37.0 Å². The van der Waals surface area contributed by atoms with Gasteiger partial charge in [-0.05, 0) is 55.0 Å². The third-order valence-corrected chi connectivity index (χ3v) is 7.20. The van der Waals surface area contributed by atoms with Crippen LogP contribution in [0.5, 0.6) is 11.5 Å². The molecule has 0 saturated carbocycles. The van der Waals surface area contributed by atoms with E-state index in [0.29, 0.717) is 11.4 Å². The number of likely N-dealkylation sites (N-methyl/N-ethyl adjacent to an activating group) is 1. The van der Waals surface area contributed by atoms with Gasteiger partial charge in [0.25, 0.3) is 10.0 Å². The molecule has 3 aromatic rings. The van der Waals surface area contributed by atoms with Crippen molar-refractivity contribution in [3.05, 3.63) is 77.3 Å². The largest absolute Gasteiger partial charge is 0.495 e. The van der Waals surface area contributed by atoms with Gasteiger partial charge in [-0.15, -0.1) is 0 Å². The number of aryl methyl sites for hydroxylation is 1. The fourth-order valence-corrected chi connectivity index (χ4v) is 5.16. The van der Waals surface area contributed by atoms with E-state index in [0.717, 1.165) is 9.87 Å². The Morgan fingerprint density at radius 2 is 1.55 bits per heavy atom. The van der Waals surface area contributed by atoms with Crippen molar-refractivity contribution >= 4 is 38.9 Å². The van der Waals surface area contributed by atoms with E-state index in [9.17, 15) is 13.2 Å². The second kappa shape index (κ2) is 10.1. The van der Waals surface area contributed by atoms with Crippen LogP contribution in [0.25, 0.3) is 0 Å². The molecule has 3 rings (SSSR count). The van der Waals surface area contributed by atoms with Crippen molar-refractivity contribution in [3.63, 3.8) is 0 Å². The lowest BCUT2D eigenvalue weighted by molar-refractivity contribution is -0.116. The monoisotopic (exact) mass is 488 g/mol. The first kappa shape index (κ1) is 24.4. The fraction of sp³-hybridized carbons (Fsp3) is 0.208. The number of halogens is 1. The molecule has 9 heteroatoms. The molecule has 33 heavy (non-hydrogen) atoms. The Morgan fingerprint density at radius 3 is 2.15 bits per heavy atom. The lowest BCUT2D eigenvalue weighted by Gasteiger charge is -2.27. The molecule has 174 valence electrons. The molecule has 0 radical (unpaired) electrons. The molecule has 7 nitrogen and oxygen atoms in total. The van der Waals surface area contributed by atoms with E-state index < -0.39 is 22.5 Å². The highest BCUT2D eigenvalue weighted by atomic mass is 35.5. The van der Waals surface area contributed by atoms with E-state index in [2.05, 4.69) is 0 Å². The molecule has 0 aromatic heterocycles. The van der Waals surface area contributed by atoms with Gasteiger partial charge in [-0.2, -0.15) is 0 Å². The van der Waals surface area contributed by atoms with Crippen molar-refractivity contribution in [3.8, 4) is 11.5 Å². The highest BCUT2D eigenvalue weighted by molar-refractivity contribution is 7.93. The van der Waals surface area contributed by atoms with Gasteiger partial charge in [0, 0.05) is 12.7 Å². The summed E-state index contributed by atoms with van der Waals surface area (Å²) in [6, 6.07) is 18.4. The minimum absolute atomic E-state index is 0.0490. The van der Waals surface area contributed by atoms with Crippen molar-refractivity contribution in [1.82, 2.24) is 0 Å². The molecule has 0 spiro atoms. The van der Waals surface area contributed by atoms with Gasteiger partial charge in [0.2, 0.25) is 5.91 Å². The van der Waals surface area contributed by atoms with E-state index in [-0.39, 0.29) is 21.4 Å². The van der Waals surface area contributed by atoms with Crippen molar-refractivity contribution in [1.29, 1.82) is 0 Å². The summed E-state index contributed by atoms with van der Waals surface area (Å²) < 4.78 is 39.2. The number of nitrogens with zero attached hydrogens (tertiary/aromatic N) is 2. The number of carbonyl (C=O) groups excluding carboxylic acids is 1. The molecular weight excluding hydrogens is 464 g/mol. The number of anilines is 2. The summed E-state index contributed by atoms with van der Waals surface area (Å²) in [5, 5.41) is 0.218. The summed E-state index contributed by atoms with van der Waals surface area (Å²) in [6.45, 7) is 1.33. The summed E-state index contributed by atoms with van der Waals surface area (Å²) >= 11 is 6.28. The smallest absolute Gasteiger partial charge is 0.268 e. The molecule has 0 heterocycles. The van der Waals surface area contributed by atoms with Crippen LogP contribution in [0.3, 0.4) is 0 Å². The second-order valence-electron chi connectivity index (χ2n) is 7.27. The van der Waals surface area contributed by atoms with E-state index >= 15 is 0 Å². The number of benzene rings is 3. The van der Waals surface area contributed by atoms with E-state index in [1.54, 1.807) is 62.5 Å². The summed E-state index contributed by atoms with van der Waals surface area (Å²) in [5.74, 6) is 0.135. The maximum absolute atomic E-state index is 13.8. The average Bonchev–Trinajstić information content (AvgIpc) is 2.82. The number of amides is 1. The Hall–Kier alpha value is -3.23. The zero-order valence-corrected chi connectivity index (χ0v) is 20.4. The van der Waals surface area contributed by atoms with Crippen molar-refractivity contribution in [2.45, 2.75) is 11.8 Å². The fourth-order valence-electron chi connectivity index (χ4n) is 3.25. The lowest BCUT2D eigenvalue weighted by Crippen LogP contribution is -2.42. The Balaban J connectivity index is 2.10. The normalized spacial score (nSPS) is 11.1. The van der Waals surface area contributed by atoms with Gasteiger partial charge >= 0.3 is 0 Å². The Morgan fingerprint density at radius 1 is 0.909 bits per heavy atom. The maximum atomic E-state index is 13.8. The number of carbonyl (C=O) groups is 1. The summed E-state index contributed by atoms with van der Waals surface area (Å²) in [4.78, 5) is 14.5. The minimum atomic E-state index is -4.21. The minimum Gasteiger partial charge on any atom is -0.495 e. The number of hydrogen-bond acceptors (Lipinski definition) is 5. The summed E-state index contributed by atoms with van der Waals surface area (Å²) in [5.41, 5.74) is 1.59. The second-order valence-corrected chi connectivity index (χ2v) is 9.51. The molecule has 0 aliphatic carbocycles. The van der Waals surface area contributed by atoms with Gasteiger partial charge in [0.05, 0.1) is 24.9 Å². The van der Waals surface area contributed by atoms with Gasteiger partial charge in [0.1, 0.15) is 22.9 Å². The first-order valence-electron chi connectivity index (χ1n) is 10.0. The van der Waals surface area contributed by atoms with E-state index in [4.69, 9.17) is 21.1 Å². The summed E-state index contributed by atoms with van der Waals surface area (Å²) in [6.07, 6.45) is 0. The van der Waals surface area contributed by atoms with Gasteiger partial charge in [-0.3, -0.25) is 9.10 Å². The van der Waals surface area contributed by atoms with E-state index in [1.807, 2.05) is 6.07 Å². The van der Waals surface area contributed by atoms with Crippen LogP contribution >= 0.6 is 11.6 Å². The predicted molar refractivity (Wildman–Crippen MR) is 130 cm³/mol. The Labute approximate surface area is 199 Å². The van der Waals surface area contributed by atoms with E-state index in [1.165, 1.54) is 31.3 Å². The van der Waals surface area contributed by atoms with Crippen molar-refractivity contribution < 1.29 is 22.7 Å². The first-order chi connectivity index (χ1) is 15.7. The van der Waals surface area contributed by atoms with Crippen molar-refractivity contribution in [2.24, 2.45) is 0 Å². The number of methoxy groups -OCH3 is 2. The number of hydrogen-bond donors (Lipinski definition) is 0. The van der Waals surface area contributed by atoms with Gasteiger partial charge in [-0.25, -0.2) is 8.42 Å². The standard InChI is InChI=1S/C24H25ClN2O5S/c1-17-10-12-22(32-4)23(14-17)33(29,30)27(19-11-13-21(31-3)20(25)15-19)16-24(28)26(2)18-8-6-5-7-9-18/h5-15H,16H2,1-4H3. The molecular formula is C24H25ClN2O5S. The average molecular weight is 489 g/mol. The zero-order valence-electron chi connectivity index (χ0n) is 18.8. The van der Waals surface area contributed by atoms with Crippen LogP contribution in [-0.4, -0.2) is 42.1 Å². The Kier molecular flexibility index (Phi) is 7.50. The van der Waals surface area contributed by atoms with Gasteiger partial charge in [-0.1, -0.05) is 35.9 Å². The molecule has 1 amide bonds. The topological polar surface area (TPSA) is 76.2 Å². The SMILES string of the molecule is COc1ccc(N(CC(=O)N(C)c2ccccc2)S(=O)(=O)c2cc(C)ccc2OC)cc1Cl. The quantitative estimate of drug-likeness (QED) is 0.466. The molecule has 0 bridgehead atoms. The highest BCUT2D eigenvalue weighted by Gasteiger charge is 2.31. The van der Waals surface area contributed by atoms with Crippen LogP contribution in [-0.2, 0) is 14.8 Å². The third kappa shape index (κ3) is 5.23. The zero-order chi connectivity index (χ0) is 24.2. The number of ether oxygens (including phenoxy) is 2. The van der Waals surface area contributed by atoms with Crippen LogP contribution in [0.15, 0.2) is 71.6 Å². The lowest BCUT2D eigenvalue weighted by atomic mass is 10.2. The molecule has 0 fully saturated rings. The van der Waals surface area contributed by atoms with Crippen LogP contribution in [0.1, 0.15) is 5.56 Å². The highest BCUT2D eigenvalue weighted by Crippen LogP contribution is 2.34. The van der Waals surface area contributed by atoms with Crippen LogP contribution in [0, 0.1) is 6.92 Å². The van der Waals surface area contributed by atoms with Gasteiger partial charge in [0.15, 0.2) is 0 Å². The molecule has 0 atom stereocenters. The molecule has 0 unspecified atom stereocenters. The molecule has 3 aromatic carbocycles. The number of para-hydroxylation sites is 1. The summed E-state index contributed by atoms with van der Waals surface area (Å²) in [7, 11) is 0.248. The molecule has 0 saturated heterocycles. The Bertz CT molecular complexity index is 1250. The predicted octanol–water partition coefficient (Wildman–Crippen LogP) is 4.52. The van der Waals surface area contributed by atoms with Gasteiger partial charge < -0.3 is 14.4 Å². The van der Waals surface area contributed by atoms with Crippen LogP contribution < -0.4 is 18.7 Å². The van der Waals surface area contributed by atoms with Crippen LogP contribution in [0.2, 0.25) is 5.02 Å². The first-order valence-corrected chi connectivity index (χ1v) is 11.8. The number of sulfonamides is 1.